The summed E-state index contributed by atoms with van der Waals surface area (Å²) in [6.07, 6.45) is 2.51. The number of carbonyl (C=O) groups excluding carboxylic acids is 1. The predicted molar refractivity (Wildman–Crippen MR) is 87.5 cm³/mol. The van der Waals surface area contributed by atoms with Crippen LogP contribution < -0.4 is 5.32 Å². The Morgan fingerprint density at radius 3 is 2.86 bits per heavy atom. The molecule has 2 amide bonds. The van der Waals surface area contributed by atoms with E-state index in [1.54, 1.807) is 0 Å². The van der Waals surface area contributed by atoms with Crippen molar-refractivity contribution in [1.82, 2.24) is 10.2 Å². The van der Waals surface area contributed by atoms with Gasteiger partial charge >= 0.3 is 6.03 Å². The summed E-state index contributed by atoms with van der Waals surface area (Å²) in [7, 11) is 0. The number of urea groups is 1. The first-order valence-electron chi connectivity index (χ1n) is 7.60. The lowest BCUT2D eigenvalue weighted by Gasteiger charge is -2.25. The maximum Gasteiger partial charge on any atom is 0.317 e. The highest BCUT2D eigenvalue weighted by Gasteiger charge is 2.20. The van der Waals surface area contributed by atoms with Crippen LogP contribution in [0.25, 0.3) is 0 Å². The summed E-state index contributed by atoms with van der Waals surface area (Å²) in [5.74, 6) is 2.15. The average Bonchev–Trinajstić information content (AvgIpc) is 2.81. The lowest BCUT2D eigenvalue weighted by molar-refractivity contribution is 0.195. The Hall–Kier alpha value is -1.20. The molecular formula is C16H24N2O2S. The first kappa shape index (κ1) is 16.2. The number of benzene rings is 1. The highest BCUT2D eigenvalue weighted by atomic mass is 32.2. The molecule has 1 aromatic carbocycles. The molecule has 0 bridgehead atoms. The molecule has 0 spiro atoms. The van der Waals surface area contributed by atoms with E-state index in [-0.39, 0.29) is 18.7 Å². The van der Waals surface area contributed by atoms with Crippen LogP contribution >= 0.6 is 11.8 Å². The number of carbonyl (C=O) groups is 1. The zero-order valence-corrected chi connectivity index (χ0v) is 13.1. The third-order valence-electron chi connectivity index (χ3n) is 3.66. The van der Waals surface area contributed by atoms with E-state index in [0.29, 0.717) is 6.42 Å². The van der Waals surface area contributed by atoms with E-state index >= 15 is 0 Å². The van der Waals surface area contributed by atoms with Crippen molar-refractivity contribution < 1.29 is 9.90 Å². The van der Waals surface area contributed by atoms with E-state index < -0.39 is 0 Å². The van der Waals surface area contributed by atoms with Gasteiger partial charge in [0.25, 0.3) is 0 Å². The Balaban J connectivity index is 1.98. The third kappa shape index (κ3) is 5.25. The van der Waals surface area contributed by atoms with E-state index in [9.17, 15) is 4.79 Å². The first-order valence-corrected chi connectivity index (χ1v) is 8.75. The van der Waals surface area contributed by atoms with Crippen LogP contribution in [0.3, 0.4) is 0 Å². The van der Waals surface area contributed by atoms with Crippen molar-refractivity contribution in [3.05, 3.63) is 35.9 Å². The van der Waals surface area contributed by atoms with E-state index in [2.05, 4.69) is 5.32 Å². The predicted octanol–water partition coefficient (Wildman–Crippen LogP) is 2.65. The SMILES string of the molecule is O=C(NC(CCCO)c1ccccc1)N1CCCSCC1. The number of aliphatic hydroxyl groups is 1. The van der Waals surface area contributed by atoms with Gasteiger partial charge in [0.15, 0.2) is 0 Å². The molecule has 5 heteroatoms. The molecule has 21 heavy (non-hydrogen) atoms. The first-order chi connectivity index (χ1) is 10.3. The van der Waals surface area contributed by atoms with Crippen molar-refractivity contribution in [2.75, 3.05) is 31.2 Å². The molecule has 1 saturated heterocycles. The number of hydrogen-bond acceptors (Lipinski definition) is 3. The van der Waals surface area contributed by atoms with Crippen LogP contribution in [0.15, 0.2) is 30.3 Å². The van der Waals surface area contributed by atoms with E-state index in [1.807, 2.05) is 47.0 Å². The molecule has 116 valence electrons. The van der Waals surface area contributed by atoms with Crippen molar-refractivity contribution in [2.24, 2.45) is 0 Å². The van der Waals surface area contributed by atoms with Gasteiger partial charge in [0.1, 0.15) is 0 Å². The van der Waals surface area contributed by atoms with Crippen molar-refractivity contribution in [3.63, 3.8) is 0 Å². The maximum atomic E-state index is 12.4. The van der Waals surface area contributed by atoms with Crippen LogP contribution in [0.5, 0.6) is 0 Å². The van der Waals surface area contributed by atoms with Gasteiger partial charge in [0.2, 0.25) is 0 Å². The molecule has 1 fully saturated rings. The summed E-state index contributed by atoms with van der Waals surface area (Å²) in [5, 5.41) is 12.2. The van der Waals surface area contributed by atoms with Crippen molar-refractivity contribution >= 4 is 17.8 Å². The van der Waals surface area contributed by atoms with Crippen molar-refractivity contribution in [2.45, 2.75) is 25.3 Å². The highest BCUT2D eigenvalue weighted by molar-refractivity contribution is 7.99. The number of aliphatic hydroxyl groups excluding tert-OH is 1. The van der Waals surface area contributed by atoms with Gasteiger partial charge in [0.05, 0.1) is 6.04 Å². The van der Waals surface area contributed by atoms with Crippen LogP contribution in [0.4, 0.5) is 4.79 Å². The van der Waals surface area contributed by atoms with Gasteiger partial charge in [-0.25, -0.2) is 4.79 Å². The molecule has 0 saturated carbocycles. The fraction of sp³-hybridized carbons (Fsp3) is 0.562. The minimum Gasteiger partial charge on any atom is -0.396 e. The van der Waals surface area contributed by atoms with Gasteiger partial charge < -0.3 is 15.3 Å². The molecule has 4 nitrogen and oxygen atoms in total. The quantitative estimate of drug-likeness (QED) is 0.879. The Kier molecular flexibility index (Phi) is 6.89. The molecule has 0 aromatic heterocycles. The lowest BCUT2D eigenvalue weighted by atomic mass is 10.0. The standard InChI is InChI=1S/C16H24N2O2S/c19-11-4-8-15(14-6-2-1-3-7-14)17-16(20)18-9-5-12-21-13-10-18/h1-3,6-7,15,19H,4-5,8-13H2,(H,17,20). The lowest BCUT2D eigenvalue weighted by Crippen LogP contribution is -2.42. The Bertz CT molecular complexity index is 420. The summed E-state index contributed by atoms with van der Waals surface area (Å²) in [6.45, 7) is 1.80. The summed E-state index contributed by atoms with van der Waals surface area (Å²) < 4.78 is 0. The molecule has 2 N–H and O–H groups in total. The molecular weight excluding hydrogens is 284 g/mol. The largest absolute Gasteiger partial charge is 0.396 e. The van der Waals surface area contributed by atoms with E-state index in [1.165, 1.54) is 0 Å². The number of nitrogens with zero attached hydrogens (tertiary/aromatic N) is 1. The zero-order chi connectivity index (χ0) is 14.9. The molecule has 1 aliphatic rings. The van der Waals surface area contributed by atoms with Gasteiger partial charge in [0, 0.05) is 25.4 Å². The minimum absolute atomic E-state index is 0.0179. The summed E-state index contributed by atoms with van der Waals surface area (Å²) in [5.41, 5.74) is 1.10. The second-order valence-corrected chi connectivity index (χ2v) is 6.46. The second kappa shape index (κ2) is 8.95. The topological polar surface area (TPSA) is 52.6 Å². The Morgan fingerprint density at radius 1 is 1.29 bits per heavy atom. The minimum atomic E-state index is -0.0262. The Labute approximate surface area is 130 Å². The second-order valence-electron chi connectivity index (χ2n) is 5.23. The van der Waals surface area contributed by atoms with Crippen molar-refractivity contribution in [1.29, 1.82) is 0 Å². The van der Waals surface area contributed by atoms with Gasteiger partial charge in [-0.1, -0.05) is 30.3 Å². The summed E-state index contributed by atoms with van der Waals surface area (Å²) in [4.78, 5) is 14.4. The van der Waals surface area contributed by atoms with Crippen LogP contribution in [0.1, 0.15) is 30.9 Å². The van der Waals surface area contributed by atoms with Gasteiger partial charge in [-0.2, -0.15) is 11.8 Å². The Morgan fingerprint density at radius 2 is 2.10 bits per heavy atom. The molecule has 0 aliphatic carbocycles. The molecule has 1 aromatic rings. The average molecular weight is 308 g/mol. The highest BCUT2D eigenvalue weighted by Crippen LogP contribution is 2.19. The molecule has 1 unspecified atom stereocenters. The fourth-order valence-corrected chi connectivity index (χ4v) is 3.38. The van der Waals surface area contributed by atoms with E-state index in [4.69, 9.17) is 5.11 Å². The molecule has 2 rings (SSSR count). The van der Waals surface area contributed by atoms with Crippen LogP contribution in [-0.2, 0) is 0 Å². The van der Waals surface area contributed by atoms with Gasteiger partial charge in [-0.15, -0.1) is 0 Å². The number of amides is 2. The molecule has 1 aliphatic heterocycles. The van der Waals surface area contributed by atoms with Crippen molar-refractivity contribution in [3.8, 4) is 0 Å². The number of nitrogens with one attached hydrogen (secondary N) is 1. The number of thioether (sulfide) groups is 1. The molecule has 1 atom stereocenters. The summed E-state index contributed by atoms with van der Waals surface area (Å²) in [6, 6.07) is 9.99. The fourth-order valence-electron chi connectivity index (χ4n) is 2.49. The smallest absolute Gasteiger partial charge is 0.317 e. The van der Waals surface area contributed by atoms with E-state index in [0.717, 1.165) is 43.0 Å². The van der Waals surface area contributed by atoms with Crippen LogP contribution in [0, 0.1) is 0 Å². The zero-order valence-electron chi connectivity index (χ0n) is 12.3. The van der Waals surface area contributed by atoms with Gasteiger partial charge in [-0.3, -0.25) is 0 Å². The molecule has 0 radical (unpaired) electrons. The van der Waals surface area contributed by atoms with Crippen LogP contribution in [0.2, 0.25) is 0 Å². The summed E-state index contributed by atoms with van der Waals surface area (Å²) >= 11 is 1.91. The van der Waals surface area contributed by atoms with Crippen LogP contribution in [-0.4, -0.2) is 47.2 Å². The number of rotatable bonds is 5. The molecule has 1 heterocycles. The monoisotopic (exact) mass is 308 g/mol. The van der Waals surface area contributed by atoms with Gasteiger partial charge in [-0.05, 0) is 30.6 Å². The normalized spacial score (nSPS) is 17.1. The number of hydrogen-bond donors (Lipinski definition) is 2. The maximum absolute atomic E-state index is 12.4. The third-order valence-corrected chi connectivity index (χ3v) is 4.71.